The molecule has 1 saturated heterocycles. The zero-order valence-electron chi connectivity index (χ0n) is 15.4. The number of benzene rings is 3. The molecular weight excluding hydrogens is 388 g/mol. The van der Waals surface area contributed by atoms with Crippen molar-refractivity contribution < 1.29 is 18.0 Å². The van der Waals surface area contributed by atoms with Crippen molar-refractivity contribution in [3.63, 3.8) is 0 Å². The Labute approximate surface area is 169 Å². The summed E-state index contributed by atoms with van der Waals surface area (Å²) in [5.41, 5.74) is 1.01. The van der Waals surface area contributed by atoms with Gasteiger partial charge in [0.15, 0.2) is 0 Å². The smallest absolute Gasteiger partial charge is 0.269 e. The van der Waals surface area contributed by atoms with Crippen LogP contribution >= 0.6 is 0 Å². The molecule has 1 heterocycles. The second-order valence-corrected chi connectivity index (χ2v) is 8.46. The minimum atomic E-state index is -4.09. The van der Waals surface area contributed by atoms with Gasteiger partial charge in [0.2, 0.25) is 0 Å². The van der Waals surface area contributed by atoms with Crippen molar-refractivity contribution in [2.45, 2.75) is 10.9 Å². The van der Waals surface area contributed by atoms with Crippen LogP contribution in [0.25, 0.3) is 0 Å². The maximum atomic E-state index is 13.2. The first kappa shape index (κ1) is 18.9. The first-order valence-corrected chi connectivity index (χ1v) is 10.5. The van der Waals surface area contributed by atoms with Gasteiger partial charge in [0.1, 0.15) is 0 Å². The summed E-state index contributed by atoms with van der Waals surface area (Å²) in [6, 6.07) is 23.5. The van der Waals surface area contributed by atoms with Gasteiger partial charge in [-0.15, -0.1) is 0 Å². The monoisotopic (exact) mass is 406 g/mol. The van der Waals surface area contributed by atoms with Gasteiger partial charge in [0.05, 0.1) is 17.5 Å². The van der Waals surface area contributed by atoms with Crippen molar-refractivity contribution in [1.82, 2.24) is 9.21 Å². The Morgan fingerprint density at radius 3 is 1.90 bits per heavy atom. The molecule has 1 fully saturated rings. The predicted octanol–water partition coefficient (Wildman–Crippen LogP) is 3.69. The van der Waals surface area contributed by atoms with Gasteiger partial charge in [-0.2, -0.15) is 0 Å². The van der Waals surface area contributed by atoms with E-state index < -0.39 is 28.0 Å². The number of rotatable bonds is 4. The topological polar surface area (TPSA) is 74.8 Å². The molecule has 0 aromatic heterocycles. The van der Waals surface area contributed by atoms with Crippen LogP contribution in [-0.2, 0) is 10.0 Å². The molecule has 1 aliphatic heterocycles. The fourth-order valence-corrected chi connectivity index (χ4v) is 4.76. The summed E-state index contributed by atoms with van der Waals surface area (Å²) in [6.45, 7) is -0.140. The average Bonchev–Trinajstić information content (AvgIpc) is 3.13. The maximum absolute atomic E-state index is 13.2. The number of nitrogens with zero attached hydrogens (tertiary/aromatic N) is 2. The quantitative estimate of drug-likeness (QED) is 0.662. The van der Waals surface area contributed by atoms with E-state index in [9.17, 15) is 18.0 Å². The number of urea groups is 1. The van der Waals surface area contributed by atoms with Gasteiger partial charge < -0.3 is 0 Å². The van der Waals surface area contributed by atoms with Crippen molar-refractivity contribution in [3.8, 4) is 0 Å². The van der Waals surface area contributed by atoms with Gasteiger partial charge in [0, 0.05) is 5.56 Å². The Balaban J connectivity index is 1.78. The van der Waals surface area contributed by atoms with Crippen molar-refractivity contribution in [3.05, 3.63) is 102 Å². The Morgan fingerprint density at radius 1 is 0.793 bits per heavy atom. The summed E-state index contributed by atoms with van der Waals surface area (Å²) in [4.78, 5) is 27.4. The van der Waals surface area contributed by atoms with Crippen LogP contribution in [0.1, 0.15) is 22.0 Å². The average molecular weight is 406 g/mol. The van der Waals surface area contributed by atoms with E-state index in [1.807, 2.05) is 6.07 Å². The molecule has 0 spiro atoms. The number of hydrogen-bond acceptors (Lipinski definition) is 4. The summed E-state index contributed by atoms with van der Waals surface area (Å²) in [5, 5.41) is 0. The fourth-order valence-electron chi connectivity index (χ4n) is 3.37. The molecule has 3 aromatic rings. The molecule has 3 aromatic carbocycles. The normalized spacial score (nSPS) is 16.8. The highest BCUT2D eigenvalue weighted by molar-refractivity contribution is 7.89. The van der Waals surface area contributed by atoms with Crippen LogP contribution in [0, 0.1) is 0 Å². The molecule has 6 nitrogen and oxygen atoms in total. The van der Waals surface area contributed by atoms with Gasteiger partial charge in [-0.25, -0.2) is 22.4 Å². The second-order valence-electron chi connectivity index (χ2n) is 6.60. The van der Waals surface area contributed by atoms with E-state index >= 15 is 0 Å². The minimum Gasteiger partial charge on any atom is -0.269 e. The largest absolute Gasteiger partial charge is 0.341 e. The summed E-state index contributed by atoms with van der Waals surface area (Å²) in [6.07, 6.45) is 0. The third-order valence-electron chi connectivity index (χ3n) is 4.82. The molecule has 7 heteroatoms. The zero-order chi connectivity index (χ0) is 20.4. The van der Waals surface area contributed by atoms with Gasteiger partial charge in [0.25, 0.3) is 15.9 Å². The lowest BCUT2D eigenvalue weighted by atomic mass is 10.1. The highest BCUT2D eigenvalue weighted by Crippen LogP contribution is 2.34. The van der Waals surface area contributed by atoms with Crippen LogP contribution in [0.5, 0.6) is 0 Å². The SMILES string of the molecule is O=C(c1ccccc1)N1C(=O)N(S(=O)(=O)c2ccccc2)CC1c1ccccc1. The van der Waals surface area contributed by atoms with Gasteiger partial charge in [-0.05, 0) is 29.8 Å². The van der Waals surface area contributed by atoms with Crippen molar-refractivity contribution in [1.29, 1.82) is 0 Å². The fraction of sp³-hybridized carbons (Fsp3) is 0.0909. The third kappa shape index (κ3) is 3.40. The molecular formula is C22H18N2O4S. The molecule has 0 bridgehead atoms. The van der Waals surface area contributed by atoms with Crippen molar-refractivity contribution in [2.24, 2.45) is 0 Å². The van der Waals surface area contributed by atoms with Gasteiger partial charge in [-0.1, -0.05) is 66.7 Å². The summed E-state index contributed by atoms with van der Waals surface area (Å²) in [7, 11) is -4.09. The number of imide groups is 1. The highest BCUT2D eigenvalue weighted by atomic mass is 32.2. The third-order valence-corrected chi connectivity index (χ3v) is 6.58. The Bertz CT molecular complexity index is 1130. The minimum absolute atomic E-state index is 0.00849. The highest BCUT2D eigenvalue weighted by Gasteiger charge is 2.47. The number of amides is 3. The molecule has 0 radical (unpaired) electrons. The van der Waals surface area contributed by atoms with Crippen LogP contribution in [-0.4, -0.2) is 36.1 Å². The van der Waals surface area contributed by atoms with Crippen LogP contribution < -0.4 is 0 Å². The Kier molecular flexibility index (Phi) is 4.90. The first-order valence-electron chi connectivity index (χ1n) is 9.05. The van der Waals surface area contributed by atoms with E-state index in [1.54, 1.807) is 72.8 Å². The van der Waals surface area contributed by atoms with Crippen molar-refractivity contribution >= 4 is 22.0 Å². The molecule has 1 aliphatic rings. The lowest BCUT2D eigenvalue weighted by molar-refractivity contribution is 0.0783. The molecule has 1 unspecified atom stereocenters. The van der Waals surface area contributed by atoms with Gasteiger partial charge in [-0.3, -0.25) is 4.79 Å². The Hall–Kier alpha value is -3.45. The molecule has 0 N–H and O–H groups in total. The number of sulfonamides is 1. The maximum Gasteiger partial charge on any atom is 0.341 e. The van der Waals surface area contributed by atoms with E-state index in [0.29, 0.717) is 11.1 Å². The first-order chi connectivity index (χ1) is 14.0. The van der Waals surface area contributed by atoms with Crippen LogP contribution in [0.2, 0.25) is 0 Å². The van der Waals surface area contributed by atoms with E-state index in [4.69, 9.17) is 0 Å². The summed E-state index contributed by atoms with van der Waals surface area (Å²) >= 11 is 0. The van der Waals surface area contributed by atoms with Crippen LogP contribution in [0.15, 0.2) is 95.9 Å². The van der Waals surface area contributed by atoms with Gasteiger partial charge >= 0.3 is 6.03 Å². The molecule has 4 rings (SSSR count). The standard InChI is InChI=1S/C22H18N2O4S/c25-21(18-12-6-2-7-13-18)24-20(17-10-4-1-5-11-17)16-23(22(24)26)29(27,28)19-14-8-3-9-15-19/h1-15,20H,16H2. The molecule has 146 valence electrons. The number of carbonyl (C=O) groups is 2. The summed E-state index contributed by atoms with van der Waals surface area (Å²) in [5.74, 6) is -0.532. The van der Waals surface area contributed by atoms with Crippen LogP contribution in [0.4, 0.5) is 4.79 Å². The second kappa shape index (κ2) is 7.52. The molecule has 3 amide bonds. The Morgan fingerprint density at radius 2 is 1.31 bits per heavy atom. The summed E-state index contributed by atoms with van der Waals surface area (Å²) < 4.78 is 27.0. The lowest BCUT2D eigenvalue weighted by Gasteiger charge is -2.21. The lowest BCUT2D eigenvalue weighted by Crippen LogP contribution is -2.39. The van der Waals surface area contributed by atoms with E-state index in [2.05, 4.69) is 0 Å². The van der Waals surface area contributed by atoms with Crippen molar-refractivity contribution in [2.75, 3.05) is 6.54 Å². The van der Waals surface area contributed by atoms with E-state index in [-0.39, 0.29) is 11.4 Å². The molecule has 1 atom stereocenters. The van der Waals surface area contributed by atoms with E-state index in [1.165, 1.54) is 12.1 Å². The predicted molar refractivity (Wildman–Crippen MR) is 108 cm³/mol. The molecule has 0 aliphatic carbocycles. The zero-order valence-corrected chi connectivity index (χ0v) is 16.2. The number of carbonyl (C=O) groups excluding carboxylic acids is 2. The molecule has 0 saturated carbocycles. The van der Waals surface area contributed by atoms with E-state index in [0.717, 1.165) is 9.21 Å². The number of hydrogen-bond donors (Lipinski definition) is 0. The molecule has 29 heavy (non-hydrogen) atoms. The van der Waals surface area contributed by atoms with Crippen LogP contribution in [0.3, 0.4) is 0 Å².